The molecule has 3 N–H and O–H groups in total. The summed E-state index contributed by atoms with van der Waals surface area (Å²) in [6, 6.07) is 4.17. The normalized spacial score (nSPS) is 12.4. The van der Waals surface area contributed by atoms with Crippen LogP contribution in [0.25, 0.3) is 11.5 Å². The topological polar surface area (TPSA) is 108 Å². The van der Waals surface area contributed by atoms with Gasteiger partial charge in [0.2, 0.25) is 0 Å². The van der Waals surface area contributed by atoms with Crippen molar-refractivity contribution in [2.24, 2.45) is 5.92 Å². The monoisotopic (exact) mass is 305 g/mol. The zero-order chi connectivity index (χ0) is 16.3. The first-order valence-electron chi connectivity index (χ1n) is 7.02. The van der Waals surface area contributed by atoms with Gasteiger partial charge in [-0.25, -0.2) is 4.79 Å². The van der Waals surface area contributed by atoms with Crippen LogP contribution in [0.4, 0.5) is 0 Å². The van der Waals surface area contributed by atoms with Gasteiger partial charge in [-0.1, -0.05) is 13.8 Å². The van der Waals surface area contributed by atoms with Crippen LogP contribution in [-0.2, 0) is 4.79 Å². The van der Waals surface area contributed by atoms with Crippen LogP contribution in [0.5, 0.6) is 0 Å². The van der Waals surface area contributed by atoms with E-state index in [0.717, 1.165) is 5.76 Å². The van der Waals surface area contributed by atoms with Gasteiger partial charge in [0.05, 0.1) is 0 Å². The molecule has 2 aromatic heterocycles. The minimum atomic E-state index is -1.06. The minimum absolute atomic E-state index is 0.124. The van der Waals surface area contributed by atoms with Gasteiger partial charge in [0.1, 0.15) is 17.5 Å². The summed E-state index contributed by atoms with van der Waals surface area (Å²) < 4.78 is 5.44. The highest BCUT2D eigenvalue weighted by atomic mass is 16.4. The van der Waals surface area contributed by atoms with Crippen LogP contribution in [0.15, 0.2) is 22.6 Å². The molecule has 0 aromatic carbocycles. The minimum Gasteiger partial charge on any atom is -0.480 e. The Labute approximate surface area is 127 Å². The van der Waals surface area contributed by atoms with Crippen LogP contribution >= 0.6 is 0 Å². The Morgan fingerprint density at radius 3 is 2.68 bits per heavy atom. The number of carboxylic acids is 1. The lowest BCUT2D eigenvalue weighted by atomic mass is 10.0. The fourth-order valence-electron chi connectivity index (χ4n) is 2.07. The van der Waals surface area contributed by atoms with Crippen LogP contribution < -0.4 is 5.32 Å². The van der Waals surface area contributed by atoms with Crippen molar-refractivity contribution in [3.8, 4) is 11.5 Å². The van der Waals surface area contributed by atoms with Crippen LogP contribution in [0, 0.1) is 12.8 Å². The number of nitrogens with one attached hydrogen (secondary N) is 2. The van der Waals surface area contributed by atoms with E-state index in [4.69, 9.17) is 9.52 Å². The molecule has 118 valence electrons. The number of aliphatic carboxylic acids is 1. The molecule has 2 aromatic rings. The number of rotatable bonds is 6. The molecule has 7 nitrogen and oxygen atoms in total. The molecule has 0 unspecified atom stereocenters. The number of hydrogen-bond acceptors (Lipinski definition) is 4. The molecule has 0 aliphatic carbocycles. The maximum atomic E-state index is 12.1. The lowest BCUT2D eigenvalue weighted by molar-refractivity contribution is -0.139. The number of nitrogens with zero attached hydrogens (tertiary/aromatic N) is 1. The van der Waals surface area contributed by atoms with Gasteiger partial charge in [0.25, 0.3) is 5.91 Å². The third-order valence-corrected chi connectivity index (χ3v) is 3.13. The molecule has 2 heterocycles. The van der Waals surface area contributed by atoms with Crippen molar-refractivity contribution < 1.29 is 19.1 Å². The average molecular weight is 305 g/mol. The summed E-state index contributed by atoms with van der Waals surface area (Å²) in [7, 11) is 0. The van der Waals surface area contributed by atoms with Crippen molar-refractivity contribution in [2.45, 2.75) is 33.2 Å². The Morgan fingerprint density at radius 1 is 1.41 bits per heavy atom. The first-order valence-corrected chi connectivity index (χ1v) is 7.02. The van der Waals surface area contributed by atoms with Crippen LogP contribution in [-0.4, -0.2) is 33.2 Å². The molecule has 0 fully saturated rings. The van der Waals surface area contributed by atoms with Crippen molar-refractivity contribution >= 4 is 11.9 Å². The highest BCUT2D eigenvalue weighted by Crippen LogP contribution is 2.20. The number of carbonyl (C=O) groups is 2. The van der Waals surface area contributed by atoms with Crippen molar-refractivity contribution in [3.63, 3.8) is 0 Å². The number of H-pyrrole nitrogens is 1. The Hall–Kier alpha value is -2.57. The van der Waals surface area contributed by atoms with E-state index < -0.39 is 17.9 Å². The summed E-state index contributed by atoms with van der Waals surface area (Å²) in [6.07, 6.45) is 0.357. The fraction of sp³-hybridized carbons (Fsp3) is 0.400. The number of aromatic nitrogens is 2. The molecule has 2 rings (SSSR count). The predicted octanol–water partition coefficient (Wildman–Crippen LogP) is 2.21. The standard InChI is InChI=1S/C15H19N3O4/c1-8(2)6-12(15(20)21)16-14(19)11-7-10(17-18-11)13-5-4-9(3)22-13/h4-5,7-8,12H,6H2,1-3H3,(H,16,19)(H,17,18)(H,20,21)/t12-/m0/s1. The van der Waals surface area contributed by atoms with Crippen LogP contribution in [0.2, 0.25) is 0 Å². The lowest BCUT2D eigenvalue weighted by Crippen LogP contribution is -2.41. The van der Waals surface area contributed by atoms with E-state index >= 15 is 0 Å². The molecule has 0 aliphatic heterocycles. The summed E-state index contributed by atoms with van der Waals surface area (Å²) >= 11 is 0. The van der Waals surface area contributed by atoms with E-state index in [1.165, 1.54) is 6.07 Å². The molecular formula is C15H19N3O4. The highest BCUT2D eigenvalue weighted by Gasteiger charge is 2.23. The van der Waals surface area contributed by atoms with Crippen molar-refractivity contribution in [1.29, 1.82) is 0 Å². The number of amides is 1. The molecule has 7 heteroatoms. The predicted molar refractivity (Wildman–Crippen MR) is 79.4 cm³/mol. The van der Waals surface area contributed by atoms with Crippen molar-refractivity contribution in [2.75, 3.05) is 0 Å². The molecule has 1 amide bonds. The van der Waals surface area contributed by atoms with E-state index in [2.05, 4.69) is 15.5 Å². The van der Waals surface area contributed by atoms with Gasteiger partial charge < -0.3 is 14.8 Å². The quantitative estimate of drug-likeness (QED) is 0.758. The smallest absolute Gasteiger partial charge is 0.326 e. The lowest BCUT2D eigenvalue weighted by Gasteiger charge is -2.15. The molecule has 0 radical (unpaired) electrons. The number of aromatic amines is 1. The second-order valence-electron chi connectivity index (χ2n) is 5.57. The van der Waals surface area contributed by atoms with Gasteiger partial charge in [-0.05, 0) is 31.4 Å². The molecule has 1 atom stereocenters. The third-order valence-electron chi connectivity index (χ3n) is 3.13. The number of carbonyl (C=O) groups excluding carboxylic acids is 1. The van der Waals surface area contributed by atoms with E-state index in [0.29, 0.717) is 17.9 Å². The number of hydrogen-bond donors (Lipinski definition) is 3. The largest absolute Gasteiger partial charge is 0.480 e. The molecular weight excluding hydrogens is 286 g/mol. The van der Waals surface area contributed by atoms with Crippen LogP contribution in [0.3, 0.4) is 0 Å². The van der Waals surface area contributed by atoms with E-state index in [1.54, 1.807) is 12.1 Å². The van der Waals surface area contributed by atoms with Gasteiger partial charge in [0, 0.05) is 6.07 Å². The highest BCUT2D eigenvalue weighted by molar-refractivity contribution is 5.95. The van der Waals surface area contributed by atoms with Gasteiger partial charge in [-0.2, -0.15) is 5.10 Å². The summed E-state index contributed by atoms with van der Waals surface area (Å²) in [5, 5.41) is 18.2. The molecule has 0 bridgehead atoms. The van der Waals surface area contributed by atoms with E-state index in [9.17, 15) is 9.59 Å². The molecule has 0 aliphatic rings. The maximum Gasteiger partial charge on any atom is 0.326 e. The summed E-state index contributed by atoms with van der Waals surface area (Å²) in [4.78, 5) is 23.3. The Bertz CT molecular complexity index is 672. The van der Waals surface area contributed by atoms with E-state index in [-0.39, 0.29) is 11.6 Å². The number of furan rings is 1. The number of aryl methyl sites for hydroxylation is 1. The van der Waals surface area contributed by atoms with Gasteiger partial charge in [-0.15, -0.1) is 0 Å². The molecule has 0 saturated carbocycles. The summed E-state index contributed by atoms with van der Waals surface area (Å²) in [6.45, 7) is 5.61. The van der Waals surface area contributed by atoms with Crippen molar-refractivity contribution in [1.82, 2.24) is 15.5 Å². The average Bonchev–Trinajstić information content (AvgIpc) is 3.05. The second-order valence-corrected chi connectivity index (χ2v) is 5.57. The first kappa shape index (κ1) is 15.8. The van der Waals surface area contributed by atoms with Crippen molar-refractivity contribution in [3.05, 3.63) is 29.7 Å². The maximum absolute atomic E-state index is 12.1. The third kappa shape index (κ3) is 3.75. The first-order chi connectivity index (χ1) is 10.4. The second kappa shape index (κ2) is 6.46. The summed E-state index contributed by atoms with van der Waals surface area (Å²) in [5.41, 5.74) is 0.688. The van der Waals surface area contributed by atoms with Gasteiger partial charge in [0.15, 0.2) is 11.5 Å². The zero-order valence-corrected chi connectivity index (χ0v) is 12.7. The molecule has 0 spiro atoms. The number of carboxylic acid groups (broad SMARTS) is 1. The zero-order valence-electron chi connectivity index (χ0n) is 12.7. The Balaban J connectivity index is 2.09. The molecule has 22 heavy (non-hydrogen) atoms. The van der Waals surface area contributed by atoms with Crippen LogP contribution in [0.1, 0.15) is 36.5 Å². The van der Waals surface area contributed by atoms with Gasteiger partial charge in [-0.3, -0.25) is 9.89 Å². The Morgan fingerprint density at radius 2 is 2.14 bits per heavy atom. The fourth-order valence-corrected chi connectivity index (χ4v) is 2.07. The van der Waals surface area contributed by atoms with E-state index in [1.807, 2.05) is 20.8 Å². The summed E-state index contributed by atoms with van der Waals surface area (Å²) in [5.74, 6) is -0.111. The SMILES string of the molecule is Cc1ccc(-c2cc(C(=O)N[C@@H](CC(C)C)C(=O)O)n[nH]2)o1. The Kier molecular flexibility index (Phi) is 4.65. The molecule has 0 saturated heterocycles. The van der Waals surface area contributed by atoms with Gasteiger partial charge >= 0.3 is 5.97 Å².